The number of phenols is 1. The van der Waals surface area contributed by atoms with Gasteiger partial charge in [-0.1, -0.05) is 12.5 Å². The third-order valence-electron chi connectivity index (χ3n) is 8.71. The number of piperidine rings is 1. The maximum absolute atomic E-state index is 12.0. The molecule has 2 bridgehead atoms. The summed E-state index contributed by atoms with van der Waals surface area (Å²) in [6, 6.07) is 3.18. The number of hydrogen-bond acceptors (Lipinski definition) is 7. The minimum atomic E-state index is -0.841. The first-order chi connectivity index (χ1) is 15.4. The van der Waals surface area contributed by atoms with Crippen LogP contribution in [-0.4, -0.2) is 78.2 Å². The maximum atomic E-state index is 12.0. The number of rotatable bonds is 8. The number of nitrogens with two attached hydrogens (primary N) is 1. The summed E-state index contributed by atoms with van der Waals surface area (Å²) in [6.07, 6.45) is 5.12. The van der Waals surface area contributed by atoms with Crippen molar-refractivity contribution >= 4 is 43.2 Å². The highest BCUT2D eigenvalue weighted by Crippen LogP contribution is 2.66. The number of hydrogen-bond donors (Lipinski definition) is 4. The number of ether oxygens (including phenoxy) is 2. The predicted molar refractivity (Wildman–Crippen MR) is 141 cm³/mol. The number of carboxylic acid groups (broad SMARTS) is 1. The summed E-state index contributed by atoms with van der Waals surface area (Å²) in [5.74, 6) is -0.112. The zero-order chi connectivity index (χ0) is 22.7. The molecule has 2 fully saturated rings. The van der Waals surface area contributed by atoms with Crippen LogP contribution < -0.4 is 15.8 Å². The maximum Gasteiger partial charge on any atom is 0.320 e. The summed E-state index contributed by atoms with van der Waals surface area (Å²) < 4.78 is 13.0. The molecule has 1 aromatic carbocycles. The second-order valence-corrected chi connectivity index (χ2v) is 9.99. The minimum absolute atomic E-state index is 0. The Hall–Kier alpha value is -1.000. The van der Waals surface area contributed by atoms with Gasteiger partial charge in [0, 0.05) is 24.8 Å². The van der Waals surface area contributed by atoms with Crippen LogP contribution in [0.3, 0.4) is 0 Å². The lowest BCUT2D eigenvalue weighted by atomic mass is 9.48. The first kappa shape index (κ1) is 30.2. The molecular weight excluding hydrogens is 517 g/mol. The first-order valence-electron chi connectivity index (χ1n) is 11.9. The molecule has 1 saturated carbocycles. The third-order valence-corrected chi connectivity index (χ3v) is 8.71. The smallest absolute Gasteiger partial charge is 0.320 e. The van der Waals surface area contributed by atoms with E-state index in [-0.39, 0.29) is 61.2 Å². The standard InChI is InChI=1S/C24H35N3O5.3ClH/c1-27-12-10-23-19-14-6-7-17(28)20(19)32-21(23)15(8-9-24(23,31-2)18(27)13-14)26-16(22(29)30)5-3-4-11-25;;;/h6-7,15-16,18,21,26,28H,3-5,8-13,25H2,1-2H3,(H,29,30);3*1H/t15-,16+,18-,21+,23+,24-;;;/m1.../s1. The number of phenolic OH excluding ortho intramolecular Hbond substituents is 1. The van der Waals surface area contributed by atoms with Gasteiger partial charge in [0.15, 0.2) is 11.5 Å². The molecule has 35 heavy (non-hydrogen) atoms. The number of benzene rings is 1. The summed E-state index contributed by atoms with van der Waals surface area (Å²) >= 11 is 0. The number of carboxylic acids is 1. The molecule has 2 aliphatic carbocycles. The van der Waals surface area contributed by atoms with Gasteiger partial charge >= 0.3 is 5.97 Å². The van der Waals surface area contributed by atoms with E-state index in [1.54, 1.807) is 13.2 Å². The van der Waals surface area contributed by atoms with E-state index in [0.717, 1.165) is 50.6 Å². The quantitative estimate of drug-likeness (QED) is 0.362. The fourth-order valence-electron chi connectivity index (χ4n) is 7.34. The molecule has 1 saturated heterocycles. The van der Waals surface area contributed by atoms with Crippen molar-refractivity contribution in [3.05, 3.63) is 23.3 Å². The summed E-state index contributed by atoms with van der Waals surface area (Å²) in [6.45, 7) is 1.48. The second kappa shape index (κ2) is 11.2. The van der Waals surface area contributed by atoms with Gasteiger partial charge in [0.1, 0.15) is 12.1 Å². The number of carbonyl (C=O) groups is 1. The van der Waals surface area contributed by atoms with E-state index in [1.807, 2.05) is 6.07 Å². The molecule has 1 spiro atoms. The van der Waals surface area contributed by atoms with Crippen LogP contribution in [0.1, 0.15) is 49.7 Å². The summed E-state index contributed by atoms with van der Waals surface area (Å²) in [4.78, 5) is 14.4. The van der Waals surface area contributed by atoms with Crippen molar-refractivity contribution in [3.8, 4) is 11.5 Å². The topological polar surface area (TPSA) is 117 Å². The summed E-state index contributed by atoms with van der Waals surface area (Å²) in [5.41, 5.74) is 7.08. The average molecular weight is 555 g/mol. The van der Waals surface area contributed by atoms with Crippen molar-refractivity contribution in [1.29, 1.82) is 0 Å². The fraction of sp³-hybridized carbons (Fsp3) is 0.708. The molecule has 5 N–H and O–H groups in total. The largest absolute Gasteiger partial charge is 0.504 e. The number of aromatic hydroxyl groups is 1. The van der Waals surface area contributed by atoms with Crippen LogP contribution in [0.2, 0.25) is 0 Å². The van der Waals surface area contributed by atoms with Gasteiger partial charge < -0.3 is 30.3 Å². The number of aliphatic carboxylic acids is 1. The Morgan fingerprint density at radius 2 is 2.06 bits per heavy atom. The SMILES string of the molecule is CO[C@@]12CC[C@@H](N[C@@H](CCCCN)C(=O)O)[C@@H]3Oc4c(O)ccc5c4[C@@]31CCN(C)[C@@H]2C5.Cl.Cl.Cl. The van der Waals surface area contributed by atoms with E-state index in [4.69, 9.17) is 15.2 Å². The molecule has 6 atom stereocenters. The highest BCUT2D eigenvalue weighted by atomic mass is 35.5. The Kier molecular flexibility index (Phi) is 9.65. The summed E-state index contributed by atoms with van der Waals surface area (Å²) in [7, 11) is 3.97. The van der Waals surface area contributed by atoms with E-state index in [9.17, 15) is 15.0 Å². The Balaban J connectivity index is 0.00000144. The number of halogens is 3. The third kappa shape index (κ3) is 4.19. The van der Waals surface area contributed by atoms with Gasteiger partial charge in [-0.05, 0) is 70.3 Å². The number of unbranched alkanes of at least 4 members (excludes halogenated alkanes) is 1. The van der Waals surface area contributed by atoms with E-state index < -0.39 is 23.0 Å². The summed E-state index contributed by atoms with van der Waals surface area (Å²) in [5, 5.41) is 24.0. The van der Waals surface area contributed by atoms with Crippen LogP contribution in [0.5, 0.6) is 11.5 Å². The fourth-order valence-corrected chi connectivity index (χ4v) is 7.34. The lowest BCUT2D eigenvalue weighted by Gasteiger charge is -2.65. The number of nitrogens with one attached hydrogen (secondary N) is 1. The second-order valence-electron chi connectivity index (χ2n) is 9.99. The molecule has 8 nitrogen and oxygen atoms in total. The molecule has 0 radical (unpaired) electrons. The van der Waals surface area contributed by atoms with Crippen molar-refractivity contribution < 1.29 is 24.5 Å². The molecule has 1 aromatic rings. The first-order valence-corrected chi connectivity index (χ1v) is 11.9. The highest BCUT2D eigenvalue weighted by molar-refractivity contribution is 5.86. The number of nitrogens with zero attached hydrogens (tertiary/aromatic N) is 1. The molecule has 0 unspecified atom stereocenters. The van der Waals surface area contributed by atoms with Crippen LogP contribution in [0.15, 0.2) is 12.1 Å². The molecule has 5 rings (SSSR count). The molecule has 0 aromatic heterocycles. The van der Waals surface area contributed by atoms with E-state index in [2.05, 4.69) is 17.3 Å². The van der Waals surface area contributed by atoms with Crippen LogP contribution in [0.25, 0.3) is 0 Å². The van der Waals surface area contributed by atoms with Crippen LogP contribution >= 0.6 is 37.2 Å². The van der Waals surface area contributed by atoms with E-state index in [0.29, 0.717) is 18.7 Å². The Morgan fingerprint density at radius 3 is 2.71 bits per heavy atom. The molecular formula is C24H38Cl3N3O5. The van der Waals surface area contributed by atoms with Crippen molar-refractivity contribution in [1.82, 2.24) is 10.2 Å². The number of likely N-dealkylation sites (N-methyl/N-ethyl adjacent to an activating group) is 1. The minimum Gasteiger partial charge on any atom is -0.504 e. The monoisotopic (exact) mass is 553 g/mol. The van der Waals surface area contributed by atoms with E-state index >= 15 is 0 Å². The lowest BCUT2D eigenvalue weighted by molar-refractivity contribution is -0.204. The van der Waals surface area contributed by atoms with Crippen LogP contribution in [0.4, 0.5) is 0 Å². The normalized spacial score (nSPS) is 32.7. The van der Waals surface area contributed by atoms with Crippen LogP contribution in [0, 0.1) is 0 Å². The molecule has 2 heterocycles. The van der Waals surface area contributed by atoms with Crippen molar-refractivity contribution in [2.45, 2.75) is 80.2 Å². The Labute approximate surface area is 225 Å². The van der Waals surface area contributed by atoms with Gasteiger partial charge in [0.25, 0.3) is 0 Å². The average Bonchev–Trinajstić information content (AvgIpc) is 3.14. The zero-order valence-electron chi connectivity index (χ0n) is 20.2. The van der Waals surface area contributed by atoms with Gasteiger partial charge in [-0.3, -0.25) is 10.1 Å². The van der Waals surface area contributed by atoms with E-state index in [1.165, 1.54) is 5.56 Å². The van der Waals surface area contributed by atoms with Gasteiger partial charge in [-0.15, -0.1) is 37.2 Å². The molecule has 4 aliphatic rings. The predicted octanol–water partition coefficient (Wildman–Crippen LogP) is 2.64. The molecule has 200 valence electrons. The van der Waals surface area contributed by atoms with Crippen molar-refractivity contribution in [2.24, 2.45) is 5.73 Å². The van der Waals surface area contributed by atoms with Crippen molar-refractivity contribution in [2.75, 3.05) is 27.2 Å². The van der Waals surface area contributed by atoms with Gasteiger partial charge in [-0.25, -0.2) is 0 Å². The molecule has 11 heteroatoms. The zero-order valence-corrected chi connectivity index (χ0v) is 22.6. The Morgan fingerprint density at radius 1 is 1.31 bits per heavy atom. The Bertz CT molecular complexity index is 925. The number of likely N-dealkylation sites (tertiary alicyclic amines) is 1. The van der Waals surface area contributed by atoms with Crippen molar-refractivity contribution in [3.63, 3.8) is 0 Å². The van der Waals surface area contributed by atoms with Gasteiger partial charge in [0.2, 0.25) is 0 Å². The van der Waals surface area contributed by atoms with Gasteiger partial charge in [-0.2, -0.15) is 0 Å². The highest BCUT2D eigenvalue weighted by Gasteiger charge is 2.73. The van der Waals surface area contributed by atoms with Gasteiger partial charge in [0.05, 0.1) is 11.0 Å². The molecule has 0 amide bonds. The number of methoxy groups -OCH3 is 1. The lowest BCUT2D eigenvalue weighted by Crippen LogP contribution is -2.78. The van der Waals surface area contributed by atoms with Crippen LogP contribution in [-0.2, 0) is 21.4 Å². The molecule has 2 aliphatic heterocycles.